The summed E-state index contributed by atoms with van der Waals surface area (Å²) < 4.78 is 1.58. The zero-order chi connectivity index (χ0) is 31.1. The van der Waals surface area contributed by atoms with Crippen LogP contribution in [0.4, 0.5) is 11.4 Å². The number of nitriles is 1. The van der Waals surface area contributed by atoms with E-state index < -0.39 is 0 Å². The first-order valence-electron chi connectivity index (χ1n) is 14.7. The SMILES string of the molecule is C=CC(=O)Nc1cc(-c2c(-c3ccc(N4CCN(C)[C@H](C)C4)cc3)[nH]c3ncc(-c4cnn(C)c4C#N)c(C)c23)ccc1C. The molecular formula is C35H36N8O. The fraction of sp³-hybridized carbons (Fsp3) is 0.257. The number of amides is 1. The van der Waals surface area contributed by atoms with Crippen molar-refractivity contribution in [1.29, 1.82) is 5.26 Å². The molecule has 1 fully saturated rings. The molecule has 1 amide bonds. The minimum Gasteiger partial charge on any atom is -0.369 e. The number of rotatable bonds is 6. The van der Waals surface area contributed by atoms with E-state index in [1.54, 1.807) is 17.9 Å². The number of fused-ring (bicyclic) bond motifs is 1. The summed E-state index contributed by atoms with van der Waals surface area (Å²) in [6.07, 6.45) is 4.80. The Labute approximate surface area is 257 Å². The number of anilines is 2. The number of aryl methyl sites for hydroxylation is 3. The van der Waals surface area contributed by atoms with Gasteiger partial charge < -0.3 is 20.1 Å². The van der Waals surface area contributed by atoms with Crippen molar-refractivity contribution in [2.24, 2.45) is 7.05 Å². The van der Waals surface area contributed by atoms with E-state index in [1.807, 2.05) is 25.3 Å². The van der Waals surface area contributed by atoms with E-state index in [1.165, 1.54) is 11.8 Å². The molecule has 222 valence electrons. The second kappa shape index (κ2) is 11.5. The first kappa shape index (κ1) is 28.9. The molecule has 3 aromatic heterocycles. The van der Waals surface area contributed by atoms with Gasteiger partial charge in [0.2, 0.25) is 5.91 Å². The van der Waals surface area contributed by atoms with E-state index >= 15 is 0 Å². The number of hydrogen-bond donors (Lipinski definition) is 2. The van der Waals surface area contributed by atoms with Gasteiger partial charge in [-0.25, -0.2) is 4.98 Å². The number of aromatic nitrogens is 4. The third kappa shape index (κ3) is 5.03. The van der Waals surface area contributed by atoms with Crippen molar-refractivity contribution < 1.29 is 4.79 Å². The largest absolute Gasteiger partial charge is 0.369 e. The quantitative estimate of drug-likeness (QED) is 0.235. The van der Waals surface area contributed by atoms with Crippen LogP contribution >= 0.6 is 0 Å². The van der Waals surface area contributed by atoms with E-state index in [2.05, 4.69) is 89.1 Å². The minimum atomic E-state index is -0.265. The van der Waals surface area contributed by atoms with E-state index in [9.17, 15) is 10.1 Å². The average Bonchev–Trinajstić information content (AvgIpc) is 3.60. The Balaban J connectivity index is 1.53. The Morgan fingerprint density at radius 1 is 1.09 bits per heavy atom. The molecule has 0 saturated carbocycles. The molecule has 6 rings (SSSR count). The zero-order valence-corrected chi connectivity index (χ0v) is 25.8. The number of piperazine rings is 1. The average molecular weight is 585 g/mol. The third-order valence-electron chi connectivity index (χ3n) is 8.87. The van der Waals surface area contributed by atoms with Crippen molar-refractivity contribution in [2.75, 3.05) is 36.9 Å². The summed E-state index contributed by atoms with van der Waals surface area (Å²) in [6.45, 7) is 12.9. The standard InChI is InChI=1S/C35H36N8O/c1-7-31(44)39-29-16-25(9-8-21(29)2)33-32-23(4)27(28-19-38-42(6)30(28)17-36)18-37-35(32)40-34(33)24-10-12-26(13-11-24)43-15-14-41(5)22(3)20-43/h7-13,16,18-19,22H,1,14-15,20H2,2-6H3,(H,37,40)(H,39,44)/t22-/m1/s1. The lowest BCUT2D eigenvalue weighted by atomic mass is 9.93. The summed E-state index contributed by atoms with van der Waals surface area (Å²) >= 11 is 0. The molecule has 9 heteroatoms. The van der Waals surface area contributed by atoms with Crippen LogP contribution in [-0.4, -0.2) is 63.3 Å². The maximum absolute atomic E-state index is 12.3. The maximum Gasteiger partial charge on any atom is 0.247 e. The lowest BCUT2D eigenvalue weighted by molar-refractivity contribution is -0.111. The van der Waals surface area contributed by atoms with E-state index in [0.717, 1.165) is 75.3 Å². The number of likely N-dealkylation sites (N-methyl/N-ethyl adjacent to an activating group) is 1. The summed E-state index contributed by atoms with van der Waals surface area (Å²) in [7, 11) is 3.94. The molecule has 5 aromatic rings. The Hall–Kier alpha value is -5.20. The van der Waals surface area contributed by atoms with Crippen LogP contribution in [0.5, 0.6) is 0 Å². The predicted octanol–water partition coefficient (Wildman–Crippen LogP) is 6.05. The normalized spacial score (nSPS) is 15.4. The number of hydrogen-bond acceptors (Lipinski definition) is 6. The van der Waals surface area contributed by atoms with Crippen molar-refractivity contribution in [1.82, 2.24) is 24.6 Å². The molecule has 0 bridgehead atoms. The van der Waals surface area contributed by atoms with Crippen LogP contribution < -0.4 is 10.2 Å². The highest BCUT2D eigenvalue weighted by Gasteiger charge is 2.24. The van der Waals surface area contributed by atoms with Crippen molar-refractivity contribution in [3.63, 3.8) is 0 Å². The van der Waals surface area contributed by atoms with Gasteiger partial charge in [0.15, 0.2) is 0 Å². The van der Waals surface area contributed by atoms with Gasteiger partial charge in [0.1, 0.15) is 17.4 Å². The van der Waals surface area contributed by atoms with Crippen molar-refractivity contribution >= 4 is 28.3 Å². The molecule has 44 heavy (non-hydrogen) atoms. The molecule has 2 N–H and O–H groups in total. The number of carbonyl (C=O) groups is 1. The molecule has 0 spiro atoms. The molecule has 1 aliphatic rings. The van der Waals surface area contributed by atoms with E-state index in [0.29, 0.717) is 17.4 Å². The van der Waals surface area contributed by atoms with Gasteiger partial charge in [-0.1, -0.05) is 30.8 Å². The molecular weight excluding hydrogens is 548 g/mol. The summed E-state index contributed by atoms with van der Waals surface area (Å²) in [5.41, 5.74) is 10.5. The van der Waals surface area contributed by atoms with Gasteiger partial charge in [-0.05, 0) is 74.3 Å². The summed E-state index contributed by atoms with van der Waals surface area (Å²) in [6, 6.07) is 17.5. The van der Waals surface area contributed by atoms with Gasteiger partial charge in [0.25, 0.3) is 0 Å². The highest BCUT2D eigenvalue weighted by atomic mass is 16.1. The molecule has 0 aliphatic carbocycles. The number of H-pyrrole nitrogens is 1. The number of pyridine rings is 1. The fourth-order valence-corrected chi connectivity index (χ4v) is 6.07. The van der Waals surface area contributed by atoms with Crippen LogP contribution in [0.1, 0.15) is 23.7 Å². The van der Waals surface area contributed by atoms with Crippen molar-refractivity contribution in [3.8, 4) is 39.6 Å². The van der Waals surface area contributed by atoms with Gasteiger partial charge in [-0.15, -0.1) is 0 Å². The van der Waals surface area contributed by atoms with E-state index in [-0.39, 0.29) is 5.91 Å². The van der Waals surface area contributed by atoms with Gasteiger partial charge >= 0.3 is 0 Å². The van der Waals surface area contributed by atoms with Gasteiger partial charge in [-0.2, -0.15) is 10.4 Å². The Morgan fingerprint density at radius 2 is 1.84 bits per heavy atom. The molecule has 1 aliphatic heterocycles. The van der Waals surface area contributed by atoms with Crippen molar-refractivity contribution in [3.05, 3.63) is 84.3 Å². The lowest BCUT2D eigenvalue weighted by Crippen LogP contribution is -2.50. The number of nitrogens with one attached hydrogen (secondary N) is 2. The van der Waals surface area contributed by atoms with Crippen LogP contribution in [-0.2, 0) is 11.8 Å². The smallest absolute Gasteiger partial charge is 0.247 e. The molecule has 1 atom stereocenters. The van der Waals surface area contributed by atoms with Crippen LogP contribution in [0.3, 0.4) is 0 Å². The first-order chi connectivity index (χ1) is 21.2. The molecule has 1 saturated heterocycles. The van der Waals surface area contributed by atoms with Gasteiger partial charge in [-0.3, -0.25) is 9.48 Å². The summed E-state index contributed by atoms with van der Waals surface area (Å²) in [5.74, 6) is -0.265. The summed E-state index contributed by atoms with van der Waals surface area (Å²) in [4.78, 5) is 25.6. The predicted molar refractivity (Wildman–Crippen MR) is 176 cm³/mol. The third-order valence-corrected chi connectivity index (χ3v) is 8.87. The number of nitrogens with zero attached hydrogens (tertiary/aromatic N) is 6. The Morgan fingerprint density at radius 3 is 2.55 bits per heavy atom. The monoisotopic (exact) mass is 584 g/mol. The highest BCUT2D eigenvalue weighted by Crippen LogP contribution is 2.43. The molecule has 0 radical (unpaired) electrons. The number of carbonyl (C=O) groups excluding carboxylic acids is 1. The molecule has 2 aromatic carbocycles. The van der Waals surface area contributed by atoms with Crippen LogP contribution in [0.2, 0.25) is 0 Å². The van der Waals surface area contributed by atoms with E-state index in [4.69, 9.17) is 4.98 Å². The number of benzene rings is 2. The fourth-order valence-electron chi connectivity index (χ4n) is 6.07. The van der Waals surface area contributed by atoms with Crippen LogP contribution in [0, 0.1) is 25.2 Å². The minimum absolute atomic E-state index is 0.265. The van der Waals surface area contributed by atoms with Crippen molar-refractivity contribution in [2.45, 2.75) is 26.8 Å². The summed E-state index contributed by atoms with van der Waals surface area (Å²) in [5, 5.41) is 18.1. The maximum atomic E-state index is 12.3. The first-order valence-corrected chi connectivity index (χ1v) is 14.7. The van der Waals surface area contributed by atoms with Crippen LogP contribution in [0.25, 0.3) is 44.5 Å². The van der Waals surface area contributed by atoms with Gasteiger partial charge in [0, 0.05) is 72.4 Å². The molecule has 9 nitrogen and oxygen atoms in total. The second-order valence-corrected chi connectivity index (χ2v) is 11.6. The lowest BCUT2D eigenvalue weighted by Gasteiger charge is -2.39. The Bertz CT molecular complexity index is 1940. The second-order valence-electron chi connectivity index (χ2n) is 11.6. The topological polar surface area (TPSA) is 106 Å². The highest BCUT2D eigenvalue weighted by molar-refractivity contribution is 6.07. The molecule has 4 heterocycles. The Kier molecular flexibility index (Phi) is 7.53. The molecule has 0 unspecified atom stereocenters. The zero-order valence-electron chi connectivity index (χ0n) is 25.8. The van der Waals surface area contributed by atoms with Crippen LogP contribution in [0.15, 0.2) is 67.5 Å². The number of aromatic amines is 1. The van der Waals surface area contributed by atoms with Gasteiger partial charge in [0.05, 0.1) is 11.9 Å².